The van der Waals surface area contributed by atoms with Crippen molar-refractivity contribution in [2.45, 2.75) is 52.4 Å². The van der Waals surface area contributed by atoms with E-state index in [-0.39, 0.29) is 16.6 Å². The highest BCUT2D eigenvalue weighted by Crippen LogP contribution is 2.44. The number of benzene rings is 6. The van der Waals surface area contributed by atoms with Crippen LogP contribution in [-0.4, -0.2) is 24.6 Å². The first kappa shape index (κ1) is 38.4. The molecule has 0 unspecified atom stereocenters. The Kier molecular flexibility index (Phi) is 9.76. The van der Waals surface area contributed by atoms with E-state index < -0.39 is 0 Å². The van der Waals surface area contributed by atoms with Gasteiger partial charge in [-0.25, -0.2) is 4.98 Å². The predicted octanol–water partition coefficient (Wildman–Crippen LogP) is 14.1. The second-order valence-electron chi connectivity index (χ2n) is 17.6. The molecule has 0 bridgehead atoms. The fraction of sp³-hybridized carbons (Fsp3) is 0.145. The van der Waals surface area contributed by atoms with Crippen molar-refractivity contribution in [1.29, 1.82) is 0 Å². The molecule has 0 saturated carbocycles. The van der Waals surface area contributed by atoms with E-state index in [1.807, 2.05) is 48.9 Å². The molecule has 0 atom stereocenters. The minimum Gasteiger partial charge on any atom is -0.507 e. The van der Waals surface area contributed by atoms with Gasteiger partial charge in [-0.2, -0.15) is 0 Å². The van der Waals surface area contributed by atoms with Gasteiger partial charge in [0.15, 0.2) is 0 Å². The molecule has 0 amide bonds. The van der Waals surface area contributed by atoms with E-state index in [9.17, 15) is 5.11 Å². The van der Waals surface area contributed by atoms with Crippen LogP contribution < -0.4 is 0 Å². The molecule has 5 heteroatoms. The average Bonchev–Trinajstić information content (AvgIpc) is 3.66. The van der Waals surface area contributed by atoms with E-state index in [0.717, 1.165) is 72.5 Å². The summed E-state index contributed by atoms with van der Waals surface area (Å²) in [4.78, 5) is 15.3. The van der Waals surface area contributed by atoms with E-state index in [2.05, 4.69) is 174 Å². The van der Waals surface area contributed by atoms with E-state index >= 15 is 0 Å². The number of hydrogen-bond acceptors (Lipinski definition) is 4. The van der Waals surface area contributed by atoms with Gasteiger partial charge >= 0.3 is 0 Å². The molecule has 60 heavy (non-hydrogen) atoms. The SMILES string of the molecule is CC(C)(C)c1cc(-c2nc3c(-c4cc(-c5ccccc5)cc(-c5cc(-c6ccc(-c7ccccc7)cc6)ccn5)c4)cncc3n2-c2ccccc2)c(O)c(C(C)(C)C)c1. The highest BCUT2D eigenvalue weighted by molar-refractivity contribution is 5.97. The number of fused-ring (bicyclic) bond motifs is 1. The Labute approximate surface area is 352 Å². The van der Waals surface area contributed by atoms with Gasteiger partial charge in [-0.3, -0.25) is 14.5 Å². The largest absolute Gasteiger partial charge is 0.507 e. The van der Waals surface area contributed by atoms with Crippen molar-refractivity contribution in [2.75, 3.05) is 0 Å². The predicted molar refractivity (Wildman–Crippen MR) is 248 cm³/mol. The Morgan fingerprint density at radius 3 is 1.68 bits per heavy atom. The number of pyridine rings is 2. The Bertz CT molecular complexity index is 2970. The van der Waals surface area contributed by atoms with Crippen molar-refractivity contribution in [3.63, 3.8) is 0 Å². The average molecular weight is 781 g/mol. The van der Waals surface area contributed by atoms with Gasteiger partial charge in [-0.15, -0.1) is 0 Å². The maximum absolute atomic E-state index is 12.2. The lowest BCUT2D eigenvalue weighted by Gasteiger charge is -2.27. The van der Waals surface area contributed by atoms with E-state index in [0.29, 0.717) is 11.4 Å². The third kappa shape index (κ3) is 7.39. The zero-order chi connectivity index (χ0) is 41.6. The molecule has 1 N–H and O–H groups in total. The smallest absolute Gasteiger partial charge is 0.149 e. The first-order chi connectivity index (χ1) is 28.9. The molecule has 6 aromatic carbocycles. The number of hydrogen-bond donors (Lipinski definition) is 1. The molecule has 3 heterocycles. The third-order valence-corrected chi connectivity index (χ3v) is 11.3. The summed E-state index contributed by atoms with van der Waals surface area (Å²) in [6, 6.07) is 55.0. The standard InChI is InChI=1S/C55H48N4O/c1-54(2,3)44-32-46(52(60)48(33-44)55(4,5)6)53-58-51-47(34-56-35-50(51)59(53)45-20-14-9-15-21-45)42-28-41(37-18-12-8-13-19-37)29-43(30-42)49-31-40(26-27-57-49)39-24-22-38(23-25-39)36-16-10-7-11-17-36/h7-35,60H,1-6H3. The maximum atomic E-state index is 12.2. The molecule has 294 valence electrons. The van der Waals surface area contributed by atoms with Gasteiger partial charge in [0.1, 0.15) is 17.1 Å². The van der Waals surface area contributed by atoms with Crippen LogP contribution in [0.5, 0.6) is 5.75 Å². The Balaban J connectivity index is 1.24. The minimum absolute atomic E-state index is 0.163. The number of aromatic nitrogens is 4. The van der Waals surface area contributed by atoms with Crippen LogP contribution >= 0.6 is 0 Å². The zero-order valence-electron chi connectivity index (χ0n) is 35.0. The molecular formula is C55H48N4O. The van der Waals surface area contributed by atoms with Crippen molar-refractivity contribution in [3.05, 3.63) is 187 Å². The van der Waals surface area contributed by atoms with Crippen LogP contribution in [0.2, 0.25) is 0 Å². The molecule has 9 rings (SSSR count). The van der Waals surface area contributed by atoms with Crippen LogP contribution in [0.1, 0.15) is 52.7 Å². The summed E-state index contributed by atoms with van der Waals surface area (Å²) >= 11 is 0. The molecule has 0 aliphatic rings. The number of phenols is 1. The molecule has 3 aromatic heterocycles. The van der Waals surface area contributed by atoms with Crippen LogP contribution in [0.15, 0.2) is 176 Å². The number of nitrogens with zero attached hydrogens (tertiary/aromatic N) is 4. The summed E-state index contributed by atoms with van der Waals surface area (Å²) in [6.07, 6.45) is 5.69. The number of phenolic OH excluding ortho intramolecular Hbond substituents is 1. The molecule has 0 saturated heterocycles. The maximum Gasteiger partial charge on any atom is 0.149 e. The molecule has 0 fully saturated rings. The van der Waals surface area contributed by atoms with Gasteiger partial charge in [0.2, 0.25) is 0 Å². The molecule has 0 spiro atoms. The quantitative estimate of drug-likeness (QED) is 0.175. The molecule has 5 nitrogen and oxygen atoms in total. The Hall–Kier alpha value is -7.11. The van der Waals surface area contributed by atoms with Crippen LogP contribution in [0.25, 0.3) is 83.9 Å². The first-order valence-corrected chi connectivity index (χ1v) is 20.6. The van der Waals surface area contributed by atoms with Gasteiger partial charge in [0.05, 0.1) is 23.0 Å². The Morgan fingerprint density at radius 1 is 0.483 bits per heavy atom. The van der Waals surface area contributed by atoms with Crippen molar-refractivity contribution in [1.82, 2.24) is 19.5 Å². The summed E-state index contributed by atoms with van der Waals surface area (Å²) in [5.74, 6) is 0.901. The second kappa shape index (κ2) is 15.2. The number of para-hydroxylation sites is 1. The number of aromatic hydroxyl groups is 1. The summed E-state index contributed by atoms with van der Waals surface area (Å²) < 4.78 is 2.13. The normalized spacial score (nSPS) is 11.9. The van der Waals surface area contributed by atoms with Crippen LogP contribution in [0, 0.1) is 0 Å². The third-order valence-electron chi connectivity index (χ3n) is 11.3. The number of rotatable bonds is 7. The lowest BCUT2D eigenvalue weighted by Crippen LogP contribution is -2.17. The number of imidazole rings is 1. The molecule has 0 aliphatic heterocycles. The highest BCUT2D eigenvalue weighted by atomic mass is 16.3. The molecule has 9 aromatic rings. The summed E-state index contributed by atoms with van der Waals surface area (Å²) in [7, 11) is 0. The molecular weight excluding hydrogens is 733 g/mol. The van der Waals surface area contributed by atoms with E-state index in [4.69, 9.17) is 15.0 Å². The van der Waals surface area contributed by atoms with Gasteiger partial charge in [0.25, 0.3) is 0 Å². The van der Waals surface area contributed by atoms with Crippen molar-refractivity contribution in [2.24, 2.45) is 0 Å². The lowest BCUT2D eigenvalue weighted by molar-refractivity contribution is 0.446. The fourth-order valence-electron chi connectivity index (χ4n) is 8.02. The van der Waals surface area contributed by atoms with Crippen LogP contribution in [0.3, 0.4) is 0 Å². The van der Waals surface area contributed by atoms with Gasteiger partial charge in [-0.1, -0.05) is 151 Å². The van der Waals surface area contributed by atoms with Gasteiger partial charge < -0.3 is 5.11 Å². The van der Waals surface area contributed by atoms with E-state index in [1.54, 1.807) is 0 Å². The fourth-order valence-corrected chi connectivity index (χ4v) is 8.02. The summed E-state index contributed by atoms with van der Waals surface area (Å²) in [5.41, 5.74) is 15.3. The monoisotopic (exact) mass is 780 g/mol. The Morgan fingerprint density at radius 2 is 1.05 bits per heavy atom. The van der Waals surface area contributed by atoms with E-state index in [1.165, 1.54) is 11.1 Å². The van der Waals surface area contributed by atoms with Gasteiger partial charge in [-0.05, 0) is 104 Å². The van der Waals surface area contributed by atoms with Crippen LogP contribution in [-0.2, 0) is 10.8 Å². The van der Waals surface area contributed by atoms with Crippen molar-refractivity contribution >= 4 is 11.0 Å². The topological polar surface area (TPSA) is 63.8 Å². The molecule has 0 radical (unpaired) electrons. The molecule has 0 aliphatic carbocycles. The minimum atomic E-state index is -0.304. The van der Waals surface area contributed by atoms with Gasteiger partial charge in [0, 0.05) is 34.8 Å². The van der Waals surface area contributed by atoms with Crippen LogP contribution in [0.4, 0.5) is 0 Å². The summed E-state index contributed by atoms with van der Waals surface area (Å²) in [5, 5.41) is 12.2. The zero-order valence-corrected chi connectivity index (χ0v) is 35.0. The summed E-state index contributed by atoms with van der Waals surface area (Å²) in [6.45, 7) is 13.1. The van der Waals surface area contributed by atoms with Crippen molar-refractivity contribution in [3.8, 4) is 78.6 Å². The first-order valence-electron chi connectivity index (χ1n) is 20.6. The lowest BCUT2D eigenvalue weighted by atomic mass is 9.79. The second-order valence-corrected chi connectivity index (χ2v) is 17.6. The highest BCUT2D eigenvalue weighted by Gasteiger charge is 2.29. The van der Waals surface area contributed by atoms with Crippen molar-refractivity contribution < 1.29 is 5.11 Å².